The van der Waals surface area contributed by atoms with Crippen molar-refractivity contribution in [2.45, 2.75) is 19.0 Å². The summed E-state index contributed by atoms with van der Waals surface area (Å²) in [6.07, 6.45) is 4.23. The number of hydrogen-bond acceptors (Lipinski definition) is 5. The standard InChI is InChI=1S/C22H24N4O3/c1-28-15-18-9-12-25(14-16-3-5-19(29-2)6-4-16)22(27)21-13-20(24-26(18)21)17-7-10-23-11-8-17/h3-8,10-11,13,18H,9,12,14-15H2,1-2H3. The van der Waals surface area contributed by atoms with Gasteiger partial charge in [0, 0.05) is 38.2 Å². The highest BCUT2D eigenvalue weighted by Crippen LogP contribution is 2.27. The van der Waals surface area contributed by atoms with Crippen molar-refractivity contribution >= 4 is 5.91 Å². The van der Waals surface area contributed by atoms with Crippen molar-refractivity contribution in [1.29, 1.82) is 0 Å². The summed E-state index contributed by atoms with van der Waals surface area (Å²) in [7, 11) is 3.32. The first-order valence-corrected chi connectivity index (χ1v) is 9.60. The van der Waals surface area contributed by atoms with Gasteiger partial charge in [-0.1, -0.05) is 12.1 Å². The second-order valence-electron chi connectivity index (χ2n) is 7.07. The summed E-state index contributed by atoms with van der Waals surface area (Å²) in [5.74, 6) is 0.781. The Labute approximate surface area is 169 Å². The van der Waals surface area contributed by atoms with Crippen LogP contribution in [0.1, 0.15) is 28.5 Å². The van der Waals surface area contributed by atoms with Crippen molar-refractivity contribution in [3.8, 4) is 17.0 Å². The van der Waals surface area contributed by atoms with Crippen LogP contribution in [0.5, 0.6) is 5.75 Å². The van der Waals surface area contributed by atoms with E-state index in [2.05, 4.69) is 4.98 Å². The fourth-order valence-corrected chi connectivity index (χ4v) is 3.64. The quantitative estimate of drug-likeness (QED) is 0.644. The molecule has 29 heavy (non-hydrogen) atoms. The minimum Gasteiger partial charge on any atom is -0.497 e. The molecule has 3 aromatic rings. The Hall–Kier alpha value is -3.19. The van der Waals surface area contributed by atoms with Crippen LogP contribution in [0.15, 0.2) is 54.9 Å². The van der Waals surface area contributed by atoms with Gasteiger partial charge in [0.2, 0.25) is 0 Å². The minimum atomic E-state index is -0.0211. The Bertz CT molecular complexity index is 969. The van der Waals surface area contributed by atoms with Gasteiger partial charge in [0.15, 0.2) is 0 Å². The predicted molar refractivity (Wildman–Crippen MR) is 109 cm³/mol. The summed E-state index contributed by atoms with van der Waals surface area (Å²) < 4.78 is 12.5. The van der Waals surface area contributed by atoms with E-state index in [9.17, 15) is 4.79 Å². The van der Waals surface area contributed by atoms with E-state index in [-0.39, 0.29) is 11.9 Å². The molecule has 0 fully saturated rings. The van der Waals surface area contributed by atoms with Gasteiger partial charge in [0.25, 0.3) is 5.91 Å². The molecule has 1 aliphatic heterocycles. The number of aromatic nitrogens is 3. The van der Waals surface area contributed by atoms with Crippen LogP contribution in [0.25, 0.3) is 11.3 Å². The van der Waals surface area contributed by atoms with Crippen LogP contribution >= 0.6 is 0 Å². The zero-order chi connectivity index (χ0) is 20.2. The van der Waals surface area contributed by atoms with Crippen LogP contribution in [0, 0.1) is 0 Å². The van der Waals surface area contributed by atoms with Gasteiger partial charge >= 0.3 is 0 Å². The molecule has 0 radical (unpaired) electrons. The molecule has 1 unspecified atom stereocenters. The molecule has 0 aliphatic carbocycles. The van der Waals surface area contributed by atoms with E-state index in [1.165, 1.54) is 0 Å². The SMILES string of the molecule is COCC1CCN(Cc2ccc(OC)cc2)C(=O)c2cc(-c3ccncc3)nn21. The number of carbonyl (C=O) groups is 1. The third kappa shape index (κ3) is 4.00. The summed E-state index contributed by atoms with van der Waals surface area (Å²) in [6, 6.07) is 13.5. The van der Waals surface area contributed by atoms with Crippen molar-refractivity contribution in [2.75, 3.05) is 27.4 Å². The fourth-order valence-electron chi connectivity index (χ4n) is 3.64. The van der Waals surface area contributed by atoms with Gasteiger partial charge in [0.05, 0.1) is 25.5 Å². The van der Waals surface area contributed by atoms with E-state index in [1.54, 1.807) is 26.6 Å². The summed E-state index contributed by atoms with van der Waals surface area (Å²) in [6.45, 7) is 1.69. The van der Waals surface area contributed by atoms with E-state index >= 15 is 0 Å². The van der Waals surface area contributed by atoms with Gasteiger partial charge in [0.1, 0.15) is 11.4 Å². The van der Waals surface area contributed by atoms with Gasteiger partial charge in [-0.25, -0.2) is 0 Å². The number of nitrogens with zero attached hydrogens (tertiary/aromatic N) is 4. The Morgan fingerprint density at radius 2 is 1.86 bits per heavy atom. The zero-order valence-corrected chi connectivity index (χ0v) is 16.6. The molecule has 1 atom stereocenters. The molecule has 7 nitrogen and oxygen atoms in total. The number of methoxy groups -OCH3 is 2. The van der Waals surface area contributed by atoms with Crippen molar-refractivity contribution in [2.24, 2.45) is 0 Å². The minimum absolute atomic E-state index is 0.00963. The molecule has 0 spiro atoms. The van der Waals surface area contributed by atoms with Crippen LogP contribution in [0.3, 0.4) is 0 Å². The Kier molecular flexibility index (Phi) is 5.57. The number of pyridine rings is 1. The van der Waals surface area contributed by atoms with Gasteiger partial charge < -0.3 is 14.4 Å². The molecule has 3 heterocycles. The van der Waals surface area contributed by atoms with Gasteiger partial charge in [-0.3, -0.25) is 14.5 Å². The second kappa shape index (κ2) is 8.45. The first kappa shape index (κ1) is 19.1. The van der Waals surface area contributed by atoms with E-state index < -0.39 is 0 Å². The zero-order valence-electron chi connectivity index (χ0n) is 16.6. The summed E-state index contributed by atoms with van der Waals surface area (Å²) in [5, 5.41) is 4.74. The highest BCUT2D eigenvalue weighted by Gasteiger charge is 2.30. The van der Waals surface area contributed by atoms with Gasteiger partial charge in [-0.05, 0) is 42.3 Å². The highest BCUT2D eigenvalue weighted by molar-refractivity contribution is 5.94. The van der Waals surface area contributed by atoms with Crippen LogP contribution in [0.4, 0.5) is 0 Å². The molecule has 0 N–H and O–H groups in total. The molecule has 1 aromatic carbocycles. The molecule has 1 aliphatic rings. The van der Waals surface area contributed by atoms with E-state index in [4.69, 9.17) is 14.6 Å². The average Bonchev–Trinajstić information content (AvgIpc) is 3.17. The van der Waals surface area contributed by atoms with Gasteiger partial charge in [-0.2, -0.15) is 5.10 Å². The third-order valence-corrected chi connectivity index (χ3v) is 5.19. The van der Waals surface area contributed by atoms with Crippen molar-refractivity contribution in [3.63, 3.8) is 0 Å². The highest BCUT2D eigenvalue weighted by atomic mass is 16.5. The smallest absolute Gasteiger partial charge is 0.272 e. The lowest BCUT2D eigenvalue weighted by atomic mass is 10.1. The largest absolute Gasteiger partial charge is 0.497 e. The maximum absolute atomic E-state index is 13.3. The molecule has 0 bridgehead atoms. The lowest BCUT2D eigenvalue weighted by Crippen LogP contribution is -2.30. The Morgan fingerprint density at radius 3 is 2.55 bits per heavy atom. The predicted octanol–water partition coefficient (Wildman–Crippen LogP) is 3.19. The van der Waals surface area contributed by atoms with Crippen molar-refractivity contribution in [3.05, 3.63) is 66.1 Å². The van der Waals surface area contributed by atoms with Gasteiger partial charge in [-0.15, -0.1) is 0 Å². The number of rotatable bonds is 6. The number of benzene rings is 1. The normalized spacial score (nSPS) is 16.4. The van der Waals surface area contributed by atoms with Crippen LogP contribution in [-0.2, 0) is 11.3 Å². The molecule has 1 amide bonds. The maximum atomic E-state index is 13.3. The monoisotopic (exact) mass is 392 g/mol. The number of amides is 1. The summed E-state index contributed by atoms with van der Waals surface area (Å²) in [4.78, 5) is 19.3. The lowest BCUT2D eigenvalue weighted by molar-refractivity contribution is 0.0743. The fraction of sp³-hybridized carbons (Fsp3) is 0.318. The van der Waals surface area contributed by atoms with E-state index in [0.717, 1.165) is 29.0 Å². The first-order chi connectivity index (χ1) is 14.2. The van der Waals surface area contributed by atoms with Crippen molar-refractivity contribution < 1.29 is 14.3 Å². The number of hydrogen-bond donors (Lipinski definition) is 0. The topological polar surface area (TPSA) is 69.5 Å². The molecule has 0 saturated heterocycles. The average molecular weight is 392 g/mol. The number of ether oxygens (including phenoxy) is 2. The summed E-state index contributed by atoms with van der Waals surface area (Å²) >= 11 is 0. The van der Waals surface area contributed by atoms with Crippen LogP contribution in [0.2, 0.25) is 0 Å². The lowest BCUT2D eigenvalue weighted by Gasteiger charge is -2.20. The maximum Gasteiger partial charge on any atom is 0.272 e. The Balaban J connectivity index is 1.65. The Morgan fingerprint density at radius 1 is 1.10 bits per heavy atom. The molecule has 7 heteroatoms. The van der Waals surface area contributed by atoms with Crippen LogP contribution in [-0.4, -0.2) is 52.9 Å². The van der Waals surface area contributed by atoms with E-state index in [0.29, 0.717) is 25.4 Å². The van der Waals surface area contributed by atoms with E-state index in [1.807, 2.05) is 52.0 Å². The van der Waals surface area contributed by atoms with Crippen LogP contribution < -0.4 is 4.74 Å². The number of carbonyl (C=O) groups excluding carboxylic acids is 1. The number of fused-ring (bicyclic) bond motifs is 1. The molecule has 2 aromatic heterocycles. The molecule has 150 valence electrons. The molecule has 0 saturated carbocycles. The van der Waals surface area contributed by atoms with Crippen molar-refractivity contribution in [1.82, 2.24) is 19.7 Å². The first-order valence-electron chi connectivity index (χ1n) is 9.60. The summed E-state index contributed by atoms with van der Waals surface area (Å²) in [5.41, 5.74) is 3.35. The second-order valence-corrected chi connectivity index (χ2v) is 7.07. The molecular formula is C22H24N4O3. The third-order valence-electron chi connectivity index (χ3n) is 5.19. The molecule has 4 rings (SSSR count). The molecular weight excluding hydrogens is 368 g/mol.